The number of rotatable bonds is 5. The van der Waals surface area contributed by atoms with E-state index in [0.717, 1.165) is 11.1 Å². The lowest BCUT2D eigenvalue weighted by Gasteiger charge is -2.05. The lowest BCUT2D eigenvalue weighted by Crippen LogP contribution is -2.19. The Labute approximate surface area is 165 Å². The van der Waals surface area contributed by atoms with Crippen molar-refractivity contribution in [3.8, 4) is 17.1 Å². The van der Waals surface area contributed by atoms with Gasteiger partial charge in [-0.2, -0.15) is 9.78 Å². The number of carbonyl (C=O) groups is 1. The van der Waals surface area contributed by atoms with Gasteiger partial charge in [-0.1, -0.05) is 65.4 Å². The summed E-state index contributed by atoms with van der Waals surface area (Å²) >= 11 is 0. The molecule has 4 rings (SSSR count). The molecule has 1 amide bonds. The van der Waals surface area contributed by atoms with Crippen molar-refractivity contribution in [2.75, 3.05) is 5.73 Å². The highest BCUT2D eigenvalue weighted by molar-refractivity contribution is 5.98. The summed E-state index contributed by atoms with van der Waals surface area (Å²) in [6.45, 7) is 1.99. The standard InChI is InChI=1S/C19H16N8O2/c1-12-7-9-13(10-8-12)11-21-23-19(28)15-16(14-5-3-2-4-6-14)27(26-22-15)18-17(20)24-29-25-18/h2-11H,1H3,(H2,20,24)(H,23,28)/b21-11+. The van der Waals surface area contributed by atoms with Crippen molar-refractivity contribution in [2.45, 2.75) is 6.92 Å². The first-order valence-corrected chi connectivity index (χ1v) is 8.63. The number of anilines is 1. The van der Waals surface area contributed by atoms with E-state index in [4.69, 9.17) is 5.73 Å². The summed E-state index contributed by atoms with van der Waals surface area (Å²) in [7, 11) is 0. The predicted molar refractivity (Wildman–Crippen MR) is 105 cm³/mol. The topological polar surface area (TPSA) is 137 Å². The van der Waals surface area contributed by atoms with Crippen LogP contribution in [0.4, 0.5) is 5.82 Å². The number of hydrazone groups is 1. The van der Waals surface area contributed by atoms with Crippen molar-refractivity contribution in [1.82, 2.24) is 30.7 Å². The molecule has 10 heteroatoms. The maximum atomic E-state index is 12.7. The third kappa shape index (κ3) is 3.72. The van der Waals surface area contributed by atoms with E-state index >= 15 is 0 Å². The number of hydrogen-bond donors (Lipinski definition) is 2. The smallest absolute Gasteiger partial charge is 0.294 e. The van der Waals surface area contributed by atoms with Crippen molar-refractivity contribution in [2.24, 2.45) is 5.10 Å². The van der Waals surface area contributed by atoms with Gasteiger partial charge in [0.15, 0.2) is 5.69 Å². The Hall–Kier alpha value is -4.34. The lowest BCUT2D eigenvalue weighted by atomic mass is 10.1. The minimum atomic E-state index is -0.534. The average molecular weight is 388 g/mol. The maximum Gasteiger partial charge on any atom is 0.294 e. The van der Waals surface area contributed by atoms with Crippen LogP contribution in [0.25, 0.3) is 17.1 Å². The van der Waals surface area contributed by atoms with Crippen molar-refractivity contribution in [3.63, 3.8) is 0 Å². The fourth-order valence-electron chi connectivity index (χ4n) is 2.65. The molecule has 29 heavy (non-hydrogen) atoms. The van der Waals surface area contributed by atoms with Gasteiger partial charge in [0.25, 0.3) is 5.91 Å². The number of nitrogens with one attached hydrogen (secondary N) is 1. The van der Waals surface area contributed by atoms with Gasteiger partial charge in [-0.05, 0) is 22.8 Å². The van der Waals surface area contributed by atoms with E-state index in [1.807, 2.05) is 61.5 Å². The first-order valence-electron chi connectivity index (χ1n) is 8.63. The van der Waals surface area contributed by atoms with E-state index in [1.165, 1.54) is 4.68 Å². The number of aromatic nitrogens is 5. The summed E-state index contributed by atoms with van der Waals surface area (Å²) < 4.78 is 5.95. The molecule has 2 aromatic carbocycles. The van der Waals surface area contributed by atoms with Crippen LogP contribution in [0, 0.1) is 6.92 Å². The quantitative estimate of drug-likeness (QED) is 0.394. The first kappa shape index (κ1) is 18.0. The third-order valence-electron chi connectivity index (χ3n) is 4.09. The van der Waals surface area contributed by atoms with E-state index in [2.05, 4.69) is 35.8 Å². The Morgan fingerprint density at radius 3 is 2.59 bits per heavy atom. The predicted octanol–water partition coefficient (Wildman–Crippen LogP) is 1.97. The van der Waals surface area contributed by atoms with Crippen LogP contribution in [0.1, 0.15) is 21.6 Å². The highest BCUT2D eigenvalue weighted by Gasteiger charge is 2.24. The summed E-state index contributed by atoms with van der Waals surface area (Å²) in [5, 5.41) is 19.3. The van der Waals surface area contributed by atoms with Crippen LogP contribution in [0.5, 0.6) is 0 Å². The van der Waals surface area contributed by atoms with Gasteiger partial charge in [0, 0.05) is 5.56 Å². The minimum Gasteiger partial charge on any atom is -0.378 e. The maximum absolute atomic E-state index is 12.7. The molecule has 4 aromatic rings. The molecule has 2 aromatic heterocycles. The molecule has 0 aliphatic carbocycles. The van der Waals surface area contributed by atoms with Gasteiger partial charge in [-0.3, -0.25) is 4.79 Å². The van der Waals surface area contributed by atoms with Crippen molar-refractivity contribution in [1.29, 1.82) is 0 Å². The van der Waals surface area contributed by atoms with Gasteiger partial charge in [-0.15, -0.1) is 5.10 Å². The molecule has 144 valence electrons. The lowest BCUT2D eigenvalue weighted by molar-refractivity contribution is 0.0950. The highest BCUT2D eigenvalue weighted by atomic mass is 16.6. The van der Waals surface area contributed by atoms with Crippen LogP contribution in [0.2, 0.25) is 0 Å². The molecule has 0 saturated carbocycles. The van der Waals surface area contributed by atoms with Crippen LogP contribution in [0.3, 0.4) is 0 Å². The summed E-state index contributed by atoms with van der Waals surface area (Å²) in [6.07, 6.45) is 1.55. The summed E-state index contributed by atoms with van der Waals surface area (Å²) in [5.41, 5.74) is 11.4. The SMILES string of the molecule is Cc1ccc(/C=N/NC(=O)c2nnn(-c3nonc3N)c2-c2ccccc2)cc1. The Balaban J connectivity index is 1.66. The zero-order chi connectivity index (χ0) is 20.2. The van der Waals surface area contributed by atoms with Crippen LogP contribution in [-0.4, -0.2) is 37.4 Å². The van der Waals surface area contributed by atoms with Crippen LogP contribution < -0.4 is 11.2 Å². The van der Waals surface area contributed by atoms with Crippen LogP contribution in [-0.2, 0) is 0 Å². The number of nitrogens with two attached hydrogens (primary N) is 1. The Kier molecular flexibility index (Phi) is 4.81. The molecule has 0 bridgehead atoms. The molecule has 0 spiro atoms. The van der Waals surface area contributed by atoms with E-state index < -0.39 is 5.91 Å². The Morgan fingerprint density at radius 2 is 1.90 bits per heavy atom. The second-order valence-corrected chi connectivity index (χ2v) is 6.15. The van der Waals surface area contributed by atoms with Gasteiger partial charge in [-0.25, -0.2) is 10.1 Å². The average Bonchev–Trinajstić information content (AvgIpc) is 3.36. The van der Waals surface area contributed by atoms with Gasteiger partial charge < -0.3 is 5.73 Å². The van der Waals surface area contributed by atoms with E-state index in [-0.39, 0.29) is 17.3 Å². The molecule has 0 radical (unpaired) electrons. The van der Waals surface area contributed by atoms with Gasteiger partial charge in [0.05, 0.1) is 6.21 Å². The van der Waals surface area contributed by atoms with Gasteiger partial charge in [0.1, 0.15) is 5.69 Å². The number of benzene rings is 2. The molecule has 0 aliphatic heterocycles. The second kappa shape index (κ2) is 7.72. The number of hydrogen-bond acceptors (Lipinski definition) is 8. The molecule has 0 saturated heterocycles. The normalized spacial score (nSPS) is 11.1. The molecular weight excluding hydrogens is 372 g/mol. The van der Waals surface area contributed by atoms with Gasteiger partial charge >= 0.3 is 0 Å². The summed E-state index contributed by atoms with van der Waals surface area (Å²) in [5.74, 6) is -0.372. The van der Waals surface area contributed by atoms with Crippen LogP contribution >= 0.6 is 0 Å². The summed E-state index contributed by atoms with van der Waals surface area (Å²) in [4.78, 5) is 12.7. The monoisotopic (exact) mass is 388 g/mol. The molecule has 0 fully saturated rings. The zero-order valence-corrected chi connectivity index (χ0v) is 15.4. The third-order valence-corrected chi connectivity index (χ3v) is 4.09. The largest absolute Gasteiger partial charge is 0.378 e. The number of nitrogens with zero attached hydrogens (tertiary/aromatic N) is 6. The van der Waals surface area contributed by atoms with Gasteiger partial charge in [0.2, 0.25) is 11.6 Å². The zero-order valence-electron chi connectivity index (χ0n) is 15.4. The van der Waals surface area contributed by atoms with Crippen molar-refractivity contribution in [3.05, 3.63) is 71.4 Å². The second-order valence-electron chi connectivity index (χ2n) is 6.15. The summed E-state index contributed by atoms with van der Waals surface area (Å²) in [6, 6.07) is 16.8. The molecular formula is C19H16N8O2. The van der Waals surface area contributed by atoms with Crippen LogP contribution in [0.15, 0.2) is 64.3 Å². The molecule has 2 heterocycles. The fraction of sp³-hybridized carbons (Fsp3) is 0.0526. The molecule has 3 N–H and O–H groups in total. The Bertz CT molecular complexity index is 1160. The fourth-order valence-corrected chi connectivity index (χ4v) is 2.65. The minimum absolute atomic E-state index is 0.0245. The van der Waals surface area contributed by atoms with Crippen molar-refractivity contribution < 1.29 is 9.42 Å². The molecule has 0 unspecified atom stereocenters. The highest BCUT2D eigenvalue weighted by Crippen LogP contribution is 2.26. The number of carbonyl (C=O) groups excluding carboxylic acids is 1. The van der Waals surface area contributed by atoms with E-state index in [1.54, 1.807) is 6.21 Å². The number of nitrogen functional groups attached to an aromatic ring is 1. The number of amides is 1. The molecule has 0 aliphatic rings. The number of aryl methyl sites for hydroxylation is 1. The van der Waals surface area contributed by atoms with E-state index in [9.17, 15) is 4.79 Å². The van der Waals surface area contributed by atoms with Crippen molar-refractivity contribution >= 4 is 17.9 Å². The van der Waals surface area contributed by atoms with E-state index in [0.29, 0.717) is 11.3 Å². The molecule has 10 nitrogen and oxygen atoms in total. The molecule has 0 atom stereocenters. The Morgan fingerprint density at radius 1 is 1.14 bits per heavy atom. The first-order chi connectivity index (χ1) is 14.1.